The number of fused-ring (bicyclic) bond motifs is 1. The molecule has 0 aliphatic heterocycles. The minimum atomic E-state index is -0.0558. The van der Waals surface area contributed by atoms with Gasteiger partial charge in [-0.25, -0.2) is 4.98 Å². The normalized spacial score (nSPS) is 11.0. The first kappa shape index (κ1) is 19.6. The lowest BCUT2D eigenvalue weighted by atomic mass is 10.1. The zero-order valence-electron chi connectivity index (χ0n) is 16.6. The molecule has 0 radical (unpaired) electrons. The van der Waals surface area contributed by atoms with Gasteiger partial charge in [0.15, 0.2) is 5.13 Å². The average Bonchev–Trinajstić information content (AvgIpc) is 3.12. The van der Waals surface area contributed by atoms with Crippen LogP contribution < -0.4 is 4.90 Å². The SMILES string of the molecule is Cc1ccc(C(=O)N(Cc2ccccc2)c2nc3c(C)cc(Cl)cc3s2)cc1C. The van der Waals surface area contributed by atoms with Crippen LogP contribution in [-0.4, -0.2) is 10.9 Å². The number of carbonyl (C=O) groups is 1. The van der Waals surface area contributed by atoms with Crippen molar-refractivity contribution in [3.63, 3.8) is 0 Å². The third-order valence-corrected chi connectivity index (χ3v) is 6.30. The first-order valence-electron chi connectivity index (χ1n) is 9.42. The second kappa shape index (κ2) is 7.97. The van der Waals surface area contributed by atoms with Crippen LogP contribution in [0.5, 0.6) is 0 Å². The Bertz CT molecular complexity index is 1200. The Morgan fingerprint density at radius 3 is 2.45 bits per heavy atom. The molecule has 0 atom stereocenters. The molecule has 0 aliphatic carbocycles. The molecule has 4 rings (SSSR count). The standard InChI is InChI=1S/C24H21ClN2OS/c1-15-9-10-19(11-16(15)2)23(28)27(14-18-7-5-4-6-8-18)24-26-22-17(3)12-20(25)13-21(22)29-24/h4-13H,14H2,1-3H3. The summed E-state index contributed by atoms with van der Waals surface area (Å²) in [7, 11) is 0. The molecule has 4 aromatic rings. The van der Waals surface area contributed by atoms with Crippen LogP contribution in [0.4, 0.5) is 5.13 Å². The van der Waals surface area contributed by atoms with Crippen LogP contribution in [0.1, 0.15) is 32.6 Å². The number of hydrogen-bond donors (Lipinski definition) is 0. The summed E-state index contributed by atoms with van der Waals surface area (Å²) in [5, 5.41) is 1.36. The van der Waals surface area contributed by atoms with Gasteiger partial charge in [-0.1, -0.05) is 59.3 Å². The molecule has 0 aliphatic rings. The number of nitrogens with zero attached hydrogens (tertiary/aromatic N) is 2. The van der Waals surface area contributed by atoms with Crippen molar-refractivity contribution >= 4 is 44.2 Å². The molecule has 5 heteroatoms. The number of anilines is 1. The number of carbonyl (C=O) groups excluding carboxylic acids is 1. The lowest BCUT2D eigenvalue weighted by molar-refractivity contribution is 0.0985. The molecule has 0 spiro atoms. The van der Waals surface area contributed by atoms with E-state index < -0.39 is 0 Å². The van der Waals surface area contributed by atoms with Gasteiger partial charge in [-0.3, -0.25) is 9.69 Å². The van der Waals surface area contributed by atoms with Crippen LogP contribution in [0, 0.1) is 20.8 Å². The lowest BCUT2D eigenvalue weighted by Crippen LogP contribution is -2.30. The van der Waals surface area contributed by atoms with Crippen molar-refractivity contribution in [1.82, 2.24) is 4.98 Å². The average molecular weight is 421 g/mol. The maximum Gasteiger partial charge on any atom is 0.260 e. The van der Waals surface area contributed by atoms with E-state index in [1.807, 2.05) is 81.4 Å². The van der Waals surface area contributed by atoms with E-state index in [2.05, 4.69) is 0 Å². The van der Waals surface area contributed by atoms with Crippen molar-refractivity contribution in [2.45, 2.75) is 27.3 Å². The minimum Gasteiger partial charge on any atom is -0.279 e. The van der Waals surface area contributed by atoms with Gasteiger partial charge < -0.3 is 0 Å². The molecular weight excluding hydrogens is 400 g/mol. The maximum atomic E-state index is 13.5. The Kier molecular flexibility index (Phi) is 5.39. The monoisotopic (exact) mass is 420 g/mol. The number of benzene rings is 3. The summed E-state index contributed by atoms with van der Waals surface area (Å²) >= 11 is 7.72. The summed E-state index contributed by atoms with van der Waals surface area (Å²) in [5.74, 6) is -0.0558. The van der Waals surface area contributed by atoms with E-state index in [4.69, 9.17) is 16.6 Å². The molecule has 0 N–H and O–H groups in total. The van der Waals surface area contributed by atoms with E-state index in [1.54, 1.807) is 4.90 Å². The van der Waals surface area contributed by atoms with Crippen LogP contribution in [0.15, 0.2) is 60.7 Å². The van der Waals surface area contributed by atoms with E-state index in [1.165, 1.54) is 16.9 Å². The number of thiazole rings is 1. The van der Waals surface area contributed by atoms with Crippen molar-refractivity contribution in [3.8, 4) is 0 Å². The molecule has 3 nitrogen and oxygen atoms in total. The number of aromatic nitrogens is 1. The second-order valence-electron chi connectivity index (χ2n) is 7.24. The summed E-state index contributed by atoms with van der Waals surface area (Å²) in [6, 6.07) is 19.6. The van der Waals surface area contributed by atoms with Crippen LogP contribution in [0.3, 0.4) is 0 Å². The third-order valence-electron chi connectivity index (χ3n) is 5.05. The molecule has 29 heavy (non-hydrogen) atoms. The second-order valence-corrected chi connectivity index (χ2v) is 8.69. The molecule has 0 saturated heterocycles. The molecular formula is C24H21ClN2OS. The molecule has 0 fully saturated rings. The summed E-state index contributed by atoms with van der Waals surface area (Å²) < 4.78 is 0.982. The summed E-state index contributed by atoms with van der Waals surface area (Å²) in [6.45, 7) is 6.52. The maximum absolute atomic E-state index is 13.5. The number of halogens is 1. The molecule has 1 aromatic heterocycles. The van der Waals surface area contributed by atoms with Crippen LogP contribution in [-0.2, 0) is 6.54 Å². The third kappa shape index (κ3) is 4.04. The predicted molar refractivity (Wildman–Crippen MR) is 122 cm³/mol. The van der Waals surface area contributed by atoms with E-state index in [0.29, 0.717) is 22.3 Å². The molecule has 1 amide bonds. The fourth-order valence-electron chi connectivity index (χ4n) is 3.28. The van der Waals surface area contributed by atoms with Gasteiger partial charge in [-0.2, -0.15) is 0 Å². The molecule has 146 valence electrons. The Morgan fingerprint density at radius 1 is 0.966 bits per heavy atom. The topological polar surface area (TPSA) is 33.2 Å². The highest BCUT2D eigenvalue weighted by Crippen LogP contribution is 2.34. The van der Waals surface area contributed by atoms with Gasteiger partial charge >= 0.3 is 0 Å². The first-order chi connectivity index (χ1) is 13.9. The van der Waals surface area contributed by atoms with E-state index >= 15 is 0 Å². The van der Waals surface area contributed by atoms with Crippen LogP contribution in [0.2, 0.25) is 5.02 Å². The number of rotatable bonds is 4. The van der Waals surface area contributed by atoms with E-state index in [9.17, 15) is 4.79 Å². The Morgan fingerprint density at radius 2 is 1.72 bits per heavy atom. The fourth-order valence-corrected chi connectivity index (χ4v) is 4.70. The summed E-state index contributed by atoms with van der Waals surface area (Å²) in [4.78, 5) is 20.1. The number of aryl methyl sites for hydroxylation is 3. The molecule has 1 heterocycles. The largest absolute Gasteiger partial charge is 0.279 e. The van der Waals surface area contributed by atoms with Gasteiger partial charge in [0, 0.05) is 10.6 Å². The van der Waals surface area contributed by atoms with Crippen molar-refractivity contribution in [2.75, 3.05) is 4.90 Å². The van der Waals surface area contributed by atoms with Crippen LogP contribution in [0.25, 0.3) is 10.2 Å². The highest BCUT2D eigenvalue weighted by molar-refractivity contribution is 7.22. The number of amides is 1. The van der Waals surface area contributed by atoms with Crippen molar-refractivity contribution in [1.29, 1.82) is 0 Å². The fraction of sp³-hybridized carbons (Fsp3) is 0.167. The quantitative estimate of drug-likeness (QED) is 0.367. The smallest absolute Gasteiger partial charge is 0.260 e. The van der Waals surface area contributed by atoms with Gasteiger partial charge in [-0.15, -0.1) is 0 Å². The highest BCUT2D eigenvalue weighted by atomic mass is 35.5. The first-order valence-corrected chi connectivity index (χ1v) is 10.6. The van der Waals surface area contributed by atoms with Crippen molar-refractivity contribution in [3.05, 3.63) is 93.5 Å². The van der Waals surface area contributed by atoms with Crippen LogP contribution >= 0.6 is 22.9 Å². The lowest BCUT2D eigenvalue weighted by Gasteiger charge is -2.20. The van der Waals surface area contributed by atoms with Gasteiger partial charge in [0.05, 0.1) is 16.8 Å². The van der Waals surface area contributed by atoms with E-state index in [0.717, 1.165) is 26.9 Å². The molecule has 0 unspecified atom stereocenters. The molecule has 0 saturated carbocycles. The van der Waals surface area contributed by atoms with Gasteiger partial charge in [-0.05, 0) is 67.3 Å². The van der Waals surface area contributed by atoms with E-state index in [-0.39, 0.29) is 5.91 Å². The van der Waals surface area contributed by atoms with Gasteiger partial charge in [0.1, 0.15) is 0 Å². The Labute approximate surface area is 179 Å². The Hall–Kier alpha value is -2.69. The predicted octanol–water partition coefficient (Wildman–Crippen LogP) is 6.72. The summed E-state index contributed by atoms with van der Waals surface area (Å²) in [6.07, 6.45) is 0. The molecule has 3 aromatic carbocycles. The zero-order chi connectivity index (χ0) is 20.5. The minimum absolute atomic E-state index is 0.0558. The highest BCUT2D eigenvalue weighted by Gasteiger charge is 2.22. The molecule has 0 bridgehead atoms. The van der Waals surface area contributed by atoms with Crippen molar-refractivity contribution < 1.29 is 4.79 Å². The Balaban J connectivity index is 1.80. The van der Waals surface area contributed by atoms with Gasteiger partial charge in [0.25, 0.3) is 5.91 Å². The number of hydrogen-bond acceptors (Lipinski definition) is 3. The summed E-state index contributed by atoms with van der Waals surface area (Å²) in [5.41, 5.74) is 5.88. The van der Waals surface area contributed by atoms with Crippen molar-refractivity contribution in [2.24, 2.45) is 0 Å². The van der Waals surface area contributed by atoms with Gasteiger partial charge in [0.2, 0.25) is 0 Å². The zero-order valence-corrected chi connectivity index (χ0v) is 18.1.